The molecule has 0 aliphatic heterocycles. The molecule has 5 heteroatoms. The SMILES string of the molecule is COc1ccccc1-n1nnc(C=O)c1-c1ccccc1. The van der Waals surface area contributed by atoms with E-state index in [0.29, 0.717) is 23.4 Å². The van der Waals surface area contributed by atoms with Gasteiger partial charge >= 0.3 is 0 Å². The second kappa shape index (κ2) is 5.58. The Balaban J connectivity index is 2.25. The summed E-state index contributed by atoms with van der Waals surface area (Å²) >= 11 is 0. The Morgan fingerprint density at radius 1 is 1.05 bits per heavy atom. The molecule has 0 spiro atoms. The Morgan fingerprint density at radius 3 is 2.48 bits per heavy atom. The fourth-order valence-electron chi connectivity index (χ4n) is 2.21. The number of carbonyl (C=O) groups is 1. The third kappa shape index (κ3) is 2.29. The number of aldehydes is 1. The van der Waals surface area contributed by atoms with Gasteiger partial charge in [-0.15, -0.1) is 5.10 Å². The van der Waals surface area contributed by atoms with Crippen LogP contribution in [-0.2, 0) is 0 Å². The van der Waals surface area contributed by atoms with Crippen LogP contribution >= 0.6 is 0 Å². The molecule has 0 amide bonds. The summed E-state index contributed by atoms with van der Waals surface area (Å²) in [6.07, 6.45) is 0.710. The molecule has 3 rings (SSSR count). The summed E-state index contributed by atoms with van der Waals surface area (Å²) in [5, 5.41) is 8.05. The van der Waals surface area contributed by atoms with Crippen molar-refractivity contribution in [2.75, 3.05) is 7.11 Å². The van der Waals surface area contributed by atoms with Gasteiger partial charge < -0.3 is 4.74 Å². The highest BCUT2D eigenvalue weighted by molar-refractivity contribution is 5.84. The van der Waals surface area contributed by atoms with Crippen LogP contribution in [0.15, 0.2) is 54.6 Å². The Kier molecular flexibility index (Phi) is 3.47. The Labute approximate surface area is 121 Å². The lowest BCUT2D eigenvalue weighted by Gasteiger charge is -2.10. The van der Waals surface area contributed by atoms with Crippen molar-refractivity contribution in [3.05, 3.63) is 60.3 Å². The molecule has 0 N–H and O–H groups in total. The van der Waals surface area contributed by atoms with Crippen LogP contribution in [-0.4, -0.2) is 28.4 Å². The molecule has 3 aromatic rings. The van der Waals surface area contributed by atoms with E-state index in [9.17, 15) is 4.79 Å². The van der Waals surface area contributed by atoms with Crippen molar-refractivity contribution >= 4 is 6.29 Å². The number of hydrogen-bond acceptors (Lipinski definition) is 4. The van der Waals surface area contributed by atoms with Crippen molar-refractivity contribution in [3.63, 3.8) is 0 Å². The summed E-state index contributed by atoms with van der Waals surface area (Å²) in [5.41, 5.74) is 2.55. The first kappa shape index (κ1) is 13.1. The molecule has 1 heterocycles. The first-order valence-corrected chi connectivity index (χ1v) is 6.45. The van der Waals surface area contributed by atoms with E-state index >= 15 is 0 Å². The summed E-state index contributed by atoms with van der Waals surface area (Å²) in [4.78, 5) is 11.3. The minimum atomic E-state index is 0.298. The van der Waals surface area contributed by atoms with Gasteiger partial charge in [0.1, 0.15) is 17.1 Å². The van der Waals surface area contributed by atoms with E-state index in [1.54, 1.807) is 11.8 Å². The van der Waals surface area contributed by atoms with Crippen molar-refractivity contribution in [3.8, 4) is 22.7 Å². The maximum atomic E-state index is 11.3. The molecule has 0 atom stereocenters. The van der Waals surface area contributed by atoms with Crippen LogP contribution in [0.5, 0.6) is 5.75 Å². The van der Waals surface area contributed by atoms with Crippen LogP contribution in [0, 0.1) is 0 Å². The fraction of sp³-hybridized carbons (Fsp3) is 0.0625. The van der Waals surface area contributed by atoms with E-state index in [1.165, 1.54) is 0 Å². The number of ether oxygens (including phenoxy) is 1. The molecule has 104 valence electrons. The van der Waals surface area contributed by atoms with Gasteiger partial charge in [-0.3, -0.25) is 4.79 Å². The largest absolute Gasteiger partial charge is 0.494 e. The van der Waals surface area contributed by atoms with Crippen LogP contribution in [0.3, 0.4) is 0 Å². The Morgan fingerprint density at radius 2 is 1.76 bits per heavy atom. The maximum absolute atomic E-state index is 11.3. The zero-order valence-corrected chi connectivity index (χ0v) is 11.4. The third-order valence-corrected chi connectivity index (χ3v) is 3.17. The van der Waals surface area contributed by atoms with E-state index in [-0.39, 0.29) is 0 Å². The van der Waals surface area contributed by atoms with Gasteiger partial charge in [-0.1, -0.05) is 47.7 Å². The predicted octanol–water partition coefficient (Wildman–Crippen LogP) is 2.76. The standard InChI is InChI=1S/C16H13N3O2/c1-21-15-10-6-5-9-14(15)19-16(13(11-20)17-18-19)12-7-3-2-4-8-12/h2-11H,1H3. The molecule has 0 saturated heterocycles. The van der Waals surface area contributed by atoms with Gasteiger partial charge in [0.15, 0.2) is 12.0 Å². The lowest BCUT2D eigenvalue weighted by atomic mass is 10.1. The molecular weight excluding hydrogens is 266 g/mol. The van der Waals surface area contributed by atoms with E-state index in [1.807, 2.05) is 54.6 Å². The van der Waals surface area contributed by atoms with Crippen molar-refractivity contribution in [2.24, 2.45) is 0 Å². The second-order valence-corrected chi connectivity index (χ2v) is 4.39. The third-order valence-electron chi connectivity index (χ3n) is 3.17. The van der Waals surface area contributed by atoms with E-state index in [4.69, 9.17) is 4.74 Å². The normalized spacial score (nSPS) is 10.3. The summed E-state index contributed by atoms with van der Waals surface area (Å²) in [5.74, 6) is 0.664. The van der Waals surface area contributed by atoms with Crippen LogP contribution < -0.4 is 4.74 Å². The van der Waals surface area contributed by atoms with Crippen molar-refractivity contribution < 1.29 is 9.53 Å². The molecule has 0 unspecified atom stereocenters. The van der Waals surface area contributed by atoms with Crippen molar-refractivity contribution in [1.29, 1.82) is 0 Å². The Hall–Kier alpha value is -2.95. The number of para-hydroxylation sites is 2. The topological polar surface area (TPSA) is 57.0 Å². The van der Waals surface area contributed by atoms with Gasteiger partial charge in [-0.2, -0.15) is 0 Å². The first-order chi connectivity index (χ1) is 10.3. The summed E-state index contributed by atoms with van der Waals surface area (Å²) < 4.78 is 6.98. The van der Waals surface area contributed by atoms with E-state index in [2.05, 4.69) is 10.3 Å². The number of rotatable bonds is 4. The molecule has 1 aromatic heterocycles. The van der Waals surface area contributed by atoms with Crippen LogP contribution in [0.1, 0.15) is 10.5 Å². The summed E-state index contributed by atoms with van der Waals surface area (Å²) in [6.45, 7) is 0. The Bertz CT molecular complexity index is 766. The monoisotopic (exact) mass is 279 g/mol. The van der Waals surface area contributed by atoms with E-state index in [0.717, 1.165) is 11.3 Å². The number of nitrogens with zero attached hydrogens (tertiary/aromatic N) is 3. The summed E-state index contributed by atoms with van der Waals surface area (Å²) in [6, 6.07) is 17.0. The molecule has 5 nitrogen and oxygen atoms in total. The lowest BCUT2D eigenvalue weighted by molar-refractivity contribution is 0.111. The average molecular weight is 279 g/mol. The molecule has 0 aliphatic carbocycles. The van der Waals surface area contributed by atoms with Crippen LogP contribution in [0.25, 0.3) is 16.9 Å². The molecule has 0 fully saturated rings. The average Bonchev–Trinajstić information content (AvgIpc) is 2.99. The van der Waals surface area contributed by atoms with Gasteiger partial charge in [-0.05, 0) is 12.1 Å². The highest BCUT2D eigenvalue weighted by atomic mass is 16.5. The minimum absolute atomic E-state index is 0.298. The minimum Gasteiger partial charge on any atom is -0.494 e. The van der Waals surface area contributed by atoms with Crippen molar-refractivity contribution in [1.82, 2.24) is 15.0 Å². The quantitative estimate of drug-likeness (QED) is 0.689. The molecular formula is C16H13N3O2. The van der Waals surface area contributed by atoms with Gasteiger partial charge in [-0.25, -0.2) is 4.68 Å². The zero-order chi connectivity index (χ0) is 14.7. The highest BCUT2D eigenvalue weighted by Gasteiger charge is 2.17. The number of aromatic nitrogens is 3. The van der Waals surface area contributed by atoms with Crippen LogP contribution in [0.2, 0.25) is 0 Å². The van der Waals surface area contributed by atoms with Crippen LogP contribution in [0.4, 0.5) is 0 Å². The highest BCUT2D eigenvalue weighted by Crippen LogP contribution is 2.28. The molecule has 0 radical (unpaired) electrons. The number of hydrogen-bond donors (Lipinski definition) is 0. The molecule has 0 bridgehead atoms. The number of carbonyl (C=O) groups excluding carboxylic acids is 1. The second-order valence-electron chi connectivity index (χ2n) is 4.39. The van der Waals surface area contributed by atoms with Crippen molar-refractivity contribution in [2.45, 2.75) is 0 Å². The smallest absolute Gasteiger partial charge is 0.172 e. The number of benzene rings is 2. The molecule has 0 saturated carbocycles. The van der Waals surface area contributed by atoms with Gasteiger partial charge in [0, 0.05) is 5.56 Å². The maximum Gasteiger partial charge on any atom is 0.172 e. The zero-order valence-electron chi connectivity index (χ0n) is 11.4. The fourth-order valence-corrected chi connectivity index (χ4v) is 2.21. The molecule has 2 aromatic carbocycles. The lowest BCUT2D eigenvalue weighted by Crippen LogP contribution is -2.02. The van der Waals surface area contributed by atoms with E-state index < -0.39 is 0 Å². The molecule has 0 aliphatic rings. The van der Waals surface area contributed by atoms with Gasteiger partial charge in [0.2, 0.25) is 0 Å². The molecule has 21 heavy (non-hydrogen) atoms. The van der Waals surface area contributed by atoms with Gasteiger partial charge in [0.05, 0.1) is 7.11 Å². The first-order valence-electron chi connectivity index (χ1n) is 6.45. The summed E-state index contributed by atoms with van der Waals surface area (Å²) in [7, 11) is 1.60. The predicted molar refractivity (Wildman–Crippen MR) is 78.7 cm³/mol. The van der Waals surface area contributed by atoms with Gasteiger partial charge in [0.25, 0.3) is 0 Å². The number of methoxy groups -OCH3 is 1.